The van der Waals surface area contributed by atoms with Gasteiger partial charge in [-0.2, -0.15) is 13.2 Å². The summed E-state index contributed by atoms with van der Waals surface area (Å²) in [5, 5.41) is 2.52. The van der Waals surface area contributed by atoms with Crippen molar-refractivity contribution in [2.45, 2.75) is 19.0 Å². The number of carbonyl (C=O) groups excluding carboxylic acids is 1. The number of hydrogen-bond donors (Lipinski definition) is 1. The molecule has 1 atom stereocenters. The second-order valence-electron chi connectivity index (χ2n) is 4.81. The number of alkyl halides is 3. The first-order chi connectivity index (χ1) is 10.3. The molecule has 0 heterocycles. The van der Waals surface area contributed by atoms with Crippen LogP contribution < -0.4 is 5.32 Å². The van der Waals surface area contributed by atoms with E-state index in [-0.39, 0.29) is 16.1 Å². The third-order valence-corrected chi connectivity index (χ3v) is 3.92. The highest BCUT2D eigenvalue weighted by molar-refractivity contribution is 9.10. The molecule has 2 aromatic rings. The average molecular weight is 372 g/mol. The van der Waals surface area contributed by atoms with E-state index in [1.807, 2.05) is 6.07 Å². The molecule has 22 heavy (non-hydrogen) atoms. The number of anilines is 1. The molecule has 1 amide bonds. The minimum absolute atomic E-state index is 0.0610. The second kappa shape index (κ2) is 6.52. The fourth-order valence-electron chi connectivity index (χ4n) is 1.96. The smallest absolute Gasteiger partial charge is 0.326 e. The zero-order chi connectivity index (χ0) is 16.3. The van der Waals surface area contributed by atoms with E-state index in [0.717, 1.165) is 11.6 Å². The molecule has 0 saturated carbocycles. The van der Waals surface area contributed by atoms with Crippen LogP contribution in [0, 0.1) is 0 Å². The largest absolute Gasteiger partial charge is 0.417 e. The number of nitrogens with one attached hydrogen (secondary N) is 1. The summed E-state index contributed by atoms with van der Waals surface area (Å²) >= 11 is 2.87. The van der Waals surface area contributed by atoms with Gasteiger partial charge in [0.05, 0.1) is 11.5 Å². The first-order valence-electron chi connectivity index (χ1n) is 6.51. The van der Waals surface area contributed by atoms with Crippen molar-refractivity contribution in [3.05, 3.63) is 64.1 Å². The summed E-state index contributed by atoms with van der Waals surface area (Å²) in [7, 11) is 0. The molecule has 2 aromatic carbocycles. The molecular formula is C16H13BrF3NO. The Morgan fingerprint density at radius 1 is 1.14 bits per heavy atom. The Balaban J connectivity index is 2.19. The van der Waals surface area contributed by atoms with E-state index < -0.39 is 17.7 Å². The van der Waals surface area contributed by atoms with Gasteiger partial charge in [-0.25, -0.2) is 0 Å². The van der Waals surface area contributed by atoms with E-state index in [1.54, 1.807) is 31.2 Å². The van der Waals surface area contributed by atoms with Crippen LogP contribution in [0.2, 0.25) is 0 Å². The van der Waals surface area contributed by atoms with E-state index >= 15 is 0 Å². The van der Waals surface area contributed by atoms with Crippen LogP contribution in [0.1, 0.15) is 24.0 Å². The van der Waals surface area contributed by atoms with Crippen molar-refractivity contribution < 1.29 is 18.0 Å². The Bertz CT molecular complexity index is 671. The Kier molecular flexibility index (Phi) is 4.90. The molecule has 0 aromatic heterocycles. The lowest BCUT2D eigenvalue weighted by Crippen LogP contribution is -2.19. The highest BCUT2D eigenvalue weighted by atomic mass is 79.9. The normalized spacial score (nSPS) is 12.8. The third kappa shape index (κ3) is 3.88. The highest BCUT2D eigenvalue weighted by Crippen LogP contribution is 2.36. The summed E-state index contributed by atoms with van der Waals surface area (Å²) in [5.74, 6) is -0.819. The van der Waals surface area contributed by atoms with E-state index in [9.17, 15) is 18.0 Å². The summed E-state index contributed by atoms with van der Waals surface area (Å²) in [6.07, 6.45) is -4.48. The van der Waals surface area contributed by atoms with Crippen LogP contribution in [-0.4, -0.2) is 5.91 Å². The number of benzene rings is 2. The zero-order valence-corrected chi connectivity index (χ0v) is 13.2. The first kappa shape index (κ1) is 16.5. The maximum absolute atomic E-state index is 12.8. The summed E-state index contributed by atoms with van der Waals surface area (Å²) in [5.41, 5.74) is 0.0918. The molecule has 0 bridgehead atoms. The zero-order valence-electron chi connectivity index (χ0n) is 11.6. The van der Waals surface area contributed by atoms with E-state index in [2.05, 4.69) is 21.2 Å². The van der Waals surface area contributed by atoms with E-state index in [1.165, 1.54) is 12.1 Å². The molecule has 0 aliphatic rings. The molecule has 0 aliphatic carbocycles. The monoisotopic (exact) mass is 371 g/mol. The number of rotatable bonds is 3. The number of carbonyl (C=O) groups is 1. The quantitative estimate of drug-likeness (QED) is 0.788. The van der Waals surface area contributed by atoms with Crippen LogP contribution in [-0.2, 0) is 11.0 Å². The van der Waals surface area contributed by atoms with Crippen LogP contribution in [0.25, 0.3) is 0 Å². The maximum Gasteiger partial charge on any atom is 0.417 e. The van der Waals surface area contributed by atoms with Crippen LogP contribution in [0.15, 0.2) is 53.0 Å². The summed E-state index contributed by atoms with van der Waals surface area (Å²) in [4.78, 5) is 12.2. The predicted molar refractivity (Wildman–Crippen MR) is 82.6 cm³/mol. The van der Waals surface area contributed by atoms with Gasteiger partial charge in [0.1, 0.15) is 0 Å². The van der Waals surface area contributed by atoms with Crippen molar-refractivity contribution in [1.29, 1.82) is 0 Å². The second-order valence-corrected chi connectivity index (χ2v) is 5.67. The minimum atomic E-state index is -4.48. The van der Waals surface area contributed by atoms with Gasteiger partial charge in [-0.05, 0) is 30.7 Å². The van der Waals surface area contributed by atoms with Gasteiger partial charge in [-0.3, -0.25) is 4.79 Å². The van der Waals surface area contributed by atoms with Crippen LogP contribution in [0.3, 0.4) is 0 Å². The molecule has 6 heteroatoms. The molecule has 0 saturated heterocycles. The van der Waals surface area contributed by atoms with Gasteiger partial charge in [0.25, 0.3) is 0 Å². The van der Waals surface area contributed by atoms with Gasteiger partial charge in [0, 0.05) is 10.2 Å². The molecule has 1 N–H and O–H groups in total. The lowest BCUT2D eigenvalue weighted by molar-refractivity contribution is -0.138. The molecule has 116 valence electrons. The van der Waals surface area contributed by atoms with Crippen molar-refractivity contribution in [3.8, 4) is 0 Å². The first-order valence-corrected chi connectivity index (χ1v) is 7.31. The summed E-state index contributed by atoms with van der Waals surface area (Å²) < 4.78 is 38.5. The van der Waals surface area contributed by atoms with Gasteiger partial charge < -0.3 is 5.32 Å². The molecule has 0 fully saturated rings. The van der Waals surface area contributed by atoms with Crippen LogP contribution in [0.4, 0.5) is 18.9 Å². The van der Waals surface area contributed by atoms with Gasteiger partial charge in [0.15, 0.2) is 0 Å². The molecule has 2 nitrogen and oxygen atoms in total. The van der Waals surface area contributed by atoms with Crippen LogP contribution >= 0.6 is 15.9 Å². The third-order valence-electron chi connectivity index (χ3n) is 3.23. The lowest BCUT2D eigenvalue weighted by atomic mass is 10.0. The van der Waals surface area contributed by atoms with Gasteiger partial charge in [-0.1, -0.05) is 46.3 Å². The Hall–Kier alpha value is -1.82. The molecule has 0 aliphatic heterocycles. The van der Waals surface area contributed by atoms with Gasteiger partial charge >= 0.3 is 6.18 Å². The molecule has 0 spiro atoms. The van der Waals surface area contributed by atoms with Gasteiger partial charge in [0.2, 0.25) is 5.91 Å². The van der Waals surface area contributed by atoms with Crippen molar-refractivity contribution in [3.63, 3.8) is 0 Å². The Morgan fingerprint density at radius 2 is 1.77 bits per heavy atom. The number of hydrogen-bond acceptors (Lipinski definition) is 1. The van der Waals surface area contributed by atoms with Crippen molar-refractivity contribution in [2.24, 2.45) is 0 Å². The molecule has 0 radical (unpaired) electrons. The fourth-order valence-corrected chi connectivity index (χ4v) is 2.44. The topological polar surface area (TPSA) is 29.1 Å². The van der Waals surface area contributed by atoms with Crippen molar-refractivity contribution >= 4 is 27.5 Å². The van der Waals surface area contributed by atoms with Gasteiger partial charge in [-0.15, -0.1) is 0 Å². The maximum atomic E-state index is 12.8. The van der Waals surface area contributed by atoms with Crippen molar-refractivity contribution in [2.75, 3.05) is 5.32 Å². The van der Waals surface area contributed by atoms with E-state index in [0.29, 0.717) is 0 Å². The predicted octanol–water partition coefficient (Wildman–Crippen LogP) is 5.21. The molecular weight excluding hydrogens is 359 g/mol. The molecule has 2 rings (SSSR count). The van der Waals surface area contributed by atoms with Crippen LogP contribution in [0.5, 0.6) is 0 Å². The summed E-state index contributed by atoms with van der Waals surface area (Å²) in [6.45, 7) is 1.70. The van der Waals surface area contributed by atoms with Crippen molar-refractivity contribution in [1.82, 2.24) is 0 Å². The minimum Gasteiger partial charge on any atom is -0.326 e. The Morgan fingerprint density at radius 3 is 2.36 bits per heavy atom. The SMILES string of the molecule is C[C@H](C(=O)Nc1ccc(Br)c(C(F)(F)F)c1)c1ccccc1. The summed E-state index contributed by atoms with van der Waals surface area (Å²) in [6, 6.07) is 12.7. The van der Waals surface area contributed by atoms with E-state index in [4.69, 9.17) is 0 Å². The fraction of sp³-hybridized carbons (Fsp3) is 0.188. The lowest BCUT2D eigenvalue weighted by Gasteiger charge is -2.15. The highest BCUT2D eigenvalue weighted by Gasteiger charge is 2.33. The Labute approximate surface area is 134 Å². The molecule has 0 unspecified atom stereocenters. The standard InChI is InChI=1S/C16H13BrF3NO/c1-10(11-5-3-2-4-6-11)15(22)21-12-7-8-14(17)13(9-12)16(18,19)20/h2-10H,1H3,(H,21,22)/t10-/m0/s1. The number of amides is 1. The number of halogens is 4. The average Bonchev–Trinajstić information content (AvgIpc) is 2.48.